The molecule has 134 valence electrons. The monoisotopic (exact) mass is 400 g/mol. The minimum absolute atomic E-state index is 0.343. The highest BCUT2D eigenvalue weighted by Crippen LogP contribution is 2.31. The van der Waals surface area contributed by atoms with Crippen molar-refractivity contribution < 1.29 is 9.59 Å². The van der Waals surface area contributed by atoms with Gasteiger partial charge >= 0.3 is 6.03 Å². The molecule has 0 fully saturated rings. The number of aromatic nitrogens is 1. The van der Waals surface area contributed by atoms with Crippen molar-refractivity contribution in [2.75, 3.05) is 17.2 Å². The van der Waals surface area contributed by atoms with Crippen LogP contribution in [-0.2, 0) is 0 Å². The van der Waals surface area contributed by atoms with E-state index in [4.69, 9.17) is 23.2 Å². The van der Waals surface area contributed by atoms with Gasteiger partial charge in [-0.15, -0.1) is 0 Å². The molecule has 0 saturated heterocycles. The zero-order valence-corrected chi connectivity index (χ0v) is 16.1. The van der Waals surface area contributed by atoms with E-state index in [1.807, 2.05) is 6.92 Å². The van der Waals surface area contributed by atoms with Gasteiger partial charge in [0.1, 0.15) is 4.88 Å². The molecule has 25 heavy (non-hydrogen) atoms. The number of nitrogens with one attached hydrogen (secondary N) is 3. The number of amides is 3. The summed E-state index contributed by atoms with van der Waals surface area (Å²) in [4.78, 5) is 28.8. The molecule has 1 aromatic heterocycles. The maximum Gasteiger partial charge on any atom is 0.321 e. The lowest BCUT2D eigenvalue weighted by Crippen LogP contribution is -2.29. The van der Waals surface area contributed by atoms with E-state index >= 15 is 0 Å². The molecule has 3 amide bonds. The van der Waals surface area contributed by atoms with Gasteiger partial charge in [0.15, 0.2) is 5.13 Å². The van der Waals surface area contributed by atoms with Crippen LogP contribution in [0.1, 0.15) is 35.1 Å². The van der Waals surface area contributed by atoms with Crippen molar-refractivity contribution in [3.8, 4) is 0 Å². The molecule has 0 bridgehead atoms. The van der Waals surface area contributed by atoms with Crippen LogP contribution in [0.15, 0.2) is 18.2 Å². The van der Waals surface area contributed by atoms with Crippen LogP contribution >= 0.6 is 34.5 Å². The minimum Gasteiger partial charge on any atom is -0.338 e. The van der Waals surface area contributed by atoms with E-state index in [9.17, 15) is 9.59 Å². The Morgan fingerprint density at radius 3 is 2.52 bits per heavy atom. The second-order valence-electron chi connectivity index (χ2n) is 5.22. The van der Waals surface area contributed by atoms with Crippen molar-refractivity contribution in [1.82, 2.24) is 10.3 Å². The van der Waals surface area contributed by atoms with E-state index in [0.29, 0.717) is 38.0 Å². The summed E-state index contributed by atoms with van der Waals surface area (Å²) in [5, 5.41) is 9.08. The summed E-state index contributed by atoms with van der Waals surface area (Å²) in [6, 6.07) is 4.62. The third kappa shape index (κ3) is 5.32. The van der Waals surface area contributed by atoms with Crippen LogP contribution in [0.5, 0.6) is 0 Å². The predicted molar refractivity (Wildman–Crippen MR) is 103 cm³/mol. The highest BCUT2D eigenvalue weighted by molar-refractivity contribution is 7.17. The van der Waals surface area contributed by atoms with Crippen LogP contribution in [-0.4, -0.2) is 23.5 Å². The molecule has 0 saturated carbocycles. The number of halogens is 2. The van der Waals surface area contributed by atoms with E-state index in [1.165, 1.54) is 0 Å². The average Bonchev–Trinajstić information content (AvgIpc) is 2.91. The molecule has 1 aromatic carbocycles. The van der Waals surface area contributed by atoms with Crippen LogP contribution in [0.2, 0.25) is 10.0 Å². The number of nitrogens with zero attached hydrogens (tertiary/aromatic N) is 1. The fourth-order valence-electron chi connectivity index (χ4n) is 1.97. The number of thiazole rings is 1. The van der Waals surface area contributed by atoms with E-state index in [-0.39, 0.29) is 11.9 Å². The largest absolute Gasteiger partial charge is 0.338 e. The van der Waals surface area contributed by atoms with Crippen molar-refractivity contribution in [1.29, 1.82) is 0 Å². The normalized spacial score (nSPS) is 10.4. The minimum atomic E-state index is -0.385. The molecule has 9 heteroatoms. The van der Waals surface area contributed by atoms with E-state index in [2.05, 4.69) is 20.9 Å². The molecule has 3 N–H and O–H groups in total. The number of para-hydroxylation sites is 1. The number of aryl methyl sites for hydroxylation is 1. The first-order chi connectivity index (χ1) is 11.9. The number of anilines is 2. The number of benzene rings is 1. The number of hydrogen-bond acceptors (Lipinski definition) is 4. The molecule has 2 rings (SSSR count). The Balaban J connectivity index is 2.06. The van der Waals surface area contributed by atoms with Gasteiger partial charge in [0.25, 0.3) is 5.91 Å². The Labute approximate surface area is 159 Å². The summed E-state index contributed by atoms with van der Waals surface area (Å²) in [6.07, 6.45) is 1.89. The molecule has 2 aromatic rings. The van der Waals surface area contributed by atoms with Crippen molar-refractivity contribution in [3.63, 3.8) is 0 Å². The Bertz CT molecular complexity index is 759. The second kappa shape index (κ2) is 9.03. The lowest BCUT2D eigenvalue weighted by molar-refractivity contribution is 0.103. The Morgan fingerprint density at radius 1 is 1.20 bits per heavy atom. The van der Waals surface area contributed by atoms with E-state index in [0.717, 1.165) is 24.2 Å². The first-order valence-corrected chi connectivity index (χ1v) is 9.27. The van der Waals surface area contributed by atoms with Crippen LogP contribution in [0.3, 0.4) is 0 Å². The lowest BCUT2D eigenvalue weighted by Gasteiger charge is -2.08. The molecule has 0 aliphatic rings. The summed E-state index contributed by atoms with van der Waals surface area (Å²) in [7, 11) is 0. The van der Waals surface area contributed by atoms with E-state index in [1.54, 1.807) is 25.1 Å². The first-order valence-electron chi connectivity index (χ1n) is 7.70. The summed E-state index contributed by atoms with van der Waals surface area (Å²) in [6.45, 7) is 4.32. The van der Waals surface area contributed by atoms with Gasteiger partial charge in [0.05, 0.1) is 21.4 Å². The number of hydrogen-bond donors (Lipinski definition) is 3. The maximum atomic E-state index is 12.5. The molecular weight excluding hydrogens is 383 g/mol. The maximum absolute atomic E-state index is 12.5. The van der Waals surface area contributed by atoms with Gasteiger partial charge in [0, 0.05) is 6.54 Å². The summed E-state index contributed by atoms with van der Waals surface area (Å²) in [5.74, 6) is -0.385. The quantitative estimate of drug-likeness (QED) is 0.600. The third-order valence-electron chi connectivity index (χ3n) is 3.24. The molecule has 0 aliphatic heterocycles. The molecule has 6 nitrogen and oxygen atoms in total. The fourth-order valence-corrected chi connectivity index (χ4v) is 3.32. The van der Waals surface area contributed by atoms with Gasteiger partial charge in [-0.05, 0) is 25.5 Å². The summed E-state index contributed by atoms with van der Waals surface area (Å²) in [5.41, 5.74) is 0.852. The van der Waals surface area contributed by atoms with Crippen LogP contribution < -0.4 is 16.0 Å². The van der Waals surface area contributed by atoms with Gasteiger partial charge in [-0.2, -0.15) is 0 Å². The van der Waals surface area contributed by atoms with Gasteiger partial charge in [-0.25, -0.2) is 9.78 Å². The highest BCUT2D eigenvalue weighted by atomic mass is 35.5. The zero-order valence-electron chi connectivity index (χ0n) is 13.8. The second-order valence-corrected chi connectivity index (χ2v) is 7.03. The van der Waals surface area contributed by atoms with E-state index < -0.39 is 0 Å². The molecule has 1 heterocycles. The van der Waals surface area contributed by atoms with Gasteiger partial charge < -0.3 is 10.6 Å². The smallest absolute Gasteiger partial charge is 0.321 e. The molecule has 0 radical (unpaired) electrons. The van der Waals surface area contributed by atoms with Crippen molar-refractivity contribution >= 4 is 57.3 Å². The molecule has 0 atom stereocenters. The number of urea groups is 1. The highest BCUT2D eigenvalue weighted by Gasteiger charge is 2.18. The van der Waals surface area contributed by atoms with Crippen molar-refractivity contribution in [2.24, 2.45) is 0 Å². The van der Waals surface area contributed by atoms with Crippen LogP contribution in [0.4, 0.5) is 15.6 Å². The molecular formula is C16H18Cl2N4O2S. The molecule has 0 unspecified atom stereocenters. The summed E-state index contributed by atoms with van der Waals surface area (Å²) >= 11 is 13.2. The number of rotatable bonds is 6. The van der Waals surface area contributed by atoms with Crippen molar-refractivity contribution in [2.45, 2.75) is 26.7 Å². The SMILES string of the molecule is CCCCNC(=O)Nc1nc(C)c(C(=O)Nc2c(Cl)cccc2Cl)s1. The fraction of sp³-hybridized carbons (Fsp3) is 0.312. The number of unbranched alkanes of at least 4 members (excludes halogenated alkanes) is 1. The molecule has 0 spiro atoms. The Hall–Kier alpha value is -1.83. The van der Waals surface area contributed by atoms with Gasteiger partial charge in [-0.3, -0.25) is 10.1 Å². The van der Waals surface area contributed by atoms with Crippen molar-refractivity contribution in [3.05, 3.63) is 38.8 Å². The third-order valence-corrected chi connectivity index (χ3v) is 4.94. The first kappa shape index (κ1) is 19.5. The van der Waals surface area contributed by atoms with Gasteiger partial charge in [0.2, 0.25) is 0 Å². The standard InChI is InChI=1S/C16H18Cl2N4O2S/c1-3-4-8-19-15(24)22-16-20-9(2)13(25-16)14(23)21-12-10(17)6-5-7-11(12)18/h5-7H,3-4,8H2,1-2H3,(H,21,23)(H2,19,20,22,24). The Kier molecular flexibility index (Phi) is 7.04. The zero-order chi connectivity index (χ0) is 18.4. The summed E-state index contributed by atoms with van der Waals surface area (Å²) < 4.78 is 0. The topological polar surface area (TPSA) is 83.1 Å². The van der Waals surface area contributed by atoms with Gasteiger partial charge in [-0.1, -0.05) is 53.9 Å². The number of carbonyl (C=O) groups is 2. The molecule has 0 aliphatic carbocycles. The Morgan fingerprint density at radius 2 is 1.88 bits per heavy atom. The number of carbonyl (C=O) groups excluding carboxylic acids is 2. The van der Waals surface area contributed by atoms with Crippen LogP contribution in [0.25, 0.3) is 0 Å². The predicted octanol–water partition coefficient (Wildman–Crippen LogP) is 4.93. The average molecular weight is 401 g/mol. The van der Waals surface area contributed by atoms with Crippen LogP contribution in [0, 0.1) is 6.92 Å². The lowest BCUT2D eigenvalue weighted by atomic mass is 10.3.